The first-order chi connectivity index (χ1) is 21.5. The van der Waals surface area contributed by atoms with E-state index in [1.807, 2.05) is 18.9 Å². The molecule has 1 amide bonds. The topological polar surface area (TPSA) is 95.6 Å². The lowest BCUT2D eigenvalue weighted by Crippen LogP contribution is -2.65. The fourth-order valence-electron chi connectivity index (χ4n) is 9.36. The normalized spacial score (nSPS) is 37.9. The highest BCUT2D eigenvalue weighted by atomic mass is 32.2. The fraction of sp³-hybridized carbons (Fsp3) is 0.970. The Hall–Kier alpha value is -0.500. The molecule has 5 saturated heterocycles. The van der Waals surface area contributed by atoms with Crippen molar-refractivity contribution in [2.45, 2.75) is 107 Å². The van der Waals surface area contributed by atoms with E-state index in [0.717, 1.165) is 89.8 Å². The molecule has 1 saturated carbocycles. The molecule has 5 aliphatic heterocycles. The molecule has 6 aliphatic rings. The third-order valence-corrected chi connectivity index (χ3v) is 13.0. The molecule has 5 heterocycles. The molecule has 0 aromatic heterocycles. The van der Waals surface area contributed by atoms with Crippen molar-refractivity contribution in [3.8, 4) is 0 Å². The van der Waals surface area contributed by atoms with Crippen LogP contribution in [0.25, 0.3) is 0 Å². The Labute approximate surface area is 270 Å². The van der Waals surface area contributed by atoms with E-state index in [9.17, 15) is 9.90 Å². The number of piperidine rings is 2. The number of carbonyl (C=O) groups is 1. The van der Waals surface area contributed by atoms with Gasteiger partial charge in [0.15, 0.2) is 0 Å². The molecule has 44 heavy (non-hydrogen) atoms. The molecule has 0 aromatic carbocycles. The SMILES string of the molecule is COC1C(C)CC2CCCNC2C1N1CCCN(C(CC(=O)NCCN2CCCC2)C2CSC(N3CCC(O)CC3)N2)CC1. The number of hydrogen-bond donors (Lipinski definition) is 4. The molecule has 0 aromatic rings. The quantitative estimate of drug-likeness (QED) is 0.281. The number of likely N-dealkylation sites (tertiary alicyclic amines) is 2. The second kappa shape index (κ2) is 16.1. The molecule has 252 valence electrons. The maximum Gasteiger partial charge on any atom is 0.221 e. The predicted molar refractivity (Wildman–Crippen MR) is 178 cm³/mol. The van der Waals surface area contributed by atoms with Crippen molar-refractivity contribution < 1.29 is 14.6 Å². The fourth-order valence-corrected chi connectivity index (χ4v) is 10.8. The summed E-state index contributed by atoms with van der Waals surface area (Å²) in [6.07, 6.45) is 9.96. The molecule has 6 fully saturated rings. The van der Waals surface area contributed by atoms with E-state index in [2.05, 4.69) is 42.5 Å². The maximum absolute atomic E-state index is 13.5. The summed E-state index contributed by atoms with van der Waals surface area (Å²) in [4.78, 5) is 23.8. The minimum atomic E-state index is -0.158. The van der Waals surface area contributed by atoms with Crippen LogP contribution in [0.1, 0.15) is 64.7 Å². The van der Waals surface area contributed by atoms with Crippen LogP contribution in [0.5, 0.6) is 0 Å². The molecular weight excluding hydrogens is 574 g/mol. The van der Waals surface area contributed by atoms with E-state index in [-0.39, 0.29) is 35.7 Å². The van der Waals surface area contributed by atoms with Crippen LogP contribution in [0.3, 0.4) is 0 Å². The number of fused-ring (bicyclic) bond motifs is 1. The summed E-state index contributed by atoms with van der Waals surface area (Å²) < 4.78 is 6.23. The van der Waals surface area contributed by atoms with Crippen LogP contribution in [0.2, 0.25) is 0 Å². The van der Waals surface area contributed by atoms with Gasteiger partial charge in [-0.05, 0) is 95.9 Å². The second-order valence-corrected chi connectivity index (χ2v) is 15.7. The summed E-state index contributed by atoms with van der Waals surface area (Å²) in [6, 6.07) is 1.39. The van der Waals surface area contributed by atoms with Crippen molar-refractivity contribution in [2.24, 2.45) is 11.8 Å². The Bertz CT molecular complexity index is 905. The number of methoxy groups -OCH3 is 1. The van der Waals surface area contributed by atoms with Crippen LogP contribution in [0.4, 0.5) is 0 Å². The van der Waals surface area contributed by atoms with Crippen molar-refractivity contribution in [3.05, 3.63) is 0 Å². The first-order valence-corrected chi connectivity index (χ1v) is 19.1. The highest BCUT2D eigenvalue weighted by Crippen LogP contribution is 2.39. The highest BCUT2D eigenvalue weighted by molar-refractivity contribution is 8.00. The molecular formula is C33H61N7O3S. The smallest absolute Gasteiger partial charge is 0.221 e. The van der Waals surface area contributed by atoms with E-state index in [1.54, 1.807) is 0 Å². The van der Waals surface area contributed by atoms with E-state index in [0.29, 0.717) is 24.4 Å². The van der Waals surface area contributed by atoms with E-state index >= 15 is 0 Å². The standard InChI is InChI=1S/C33H61N7O3S/c1-24-21-25-7-5-10-35-30(25)31(32(24)43-2)39-15-6-14-38(19-20-39)28(22-29(42)34-11-18-37-12-3-4-13-37)27-23-44-33(36-27)40-16-8-26(41)9-17-40/h24-28,30-33,35-36,41H,3-23H2,1-2H3,(H,34,42). The number of aliphatic hydroxyl groups excluding tert-OH is 1. The minimum absolute atomic E-state index is 0.158. The van der Waals surface area contributed by atoms with Gasteiger partial charge in [0.1, 0.15) is 5.50 Å². The number of thioether (sulfide) groups is 1. The lowest BCUT2D eigenvalue weighted by atomic mass is 9.70. The monoisotopic (exact) mass is 635 g/mol. The molecule has 0 spiro atoms. The molecule has 6 rings (SSSR count). The number of nitrogens with one attached hydrogen (secondary N) is 3. The summed E-state index contributed by atoms with van der Waals surface area (Å²) in [7, 11) is 1.92. The Kier molecular flexibility index (Phi) is 12.2. The van der Waals surface area contributed by atoms with Gasteiger partial charge in [-0.3, -0.25) is 24.8 Å². The summed E-state index contributed by atoms with van der Waals surface area (Å²) in [5, 5.41) is 21.2. The van der Waals surface area contributed by atoms with Gasteiger partial charge in [0.25, 0.3) is 0 Å². The first-order valence-electron chi connectivity index (χ1n) is 18.0. The predicted octanol–water partition coefficient (Wildman–Crippen LogP) is 1.20. The van der Waals surface area contributed by atoms with E-state index in [4.69, 9.17) is 4.74 Å². The Morgan fingerprint density at radius 1 is 1.00 bits per heavy atom. The number of hydrogen-bond acceptors (Lipinski definition) is 10. The Balaban J connectivity index is 1.11. The average Bonchev–Trinajstić information content (AvgIpc) is 3.68. The number of rotatable bonds is 10. The van der Waals surface area contributed by atoms with Crippen LogP contribution < -0.4 is 16.0 Å². The summed E-state index contributed by atoms with van der Waals surface area (Å²) in [5.41, 5.74) is 0.275. The van der Waals surface area contributed by atoms with Crippen LogP contribution in [-0.2, 0) is 9.53 Å². The van der Waals surface area contributed by atoms with Gasteiger partial charge >= 0.3 is 0 Å². The third-order valence-electron chi connectivity index (χ3n) is 11.7. The van der Waals surface area contributed by atoms with Gasteiger partial charge in [0.2, 0.25) is 5.91 Å². The number of amides is 1. The van der Waals surface area contributed by atoms with Crippen molar-refractivity contribution in [3.63, 3.8) is 0 Å². The van der Waals surface area contributed by atoms with Crippen molar-refractivity contribution in [1.82, 2.24) is 35.6 Å². The van der Waals surface area contributed by atoms with Gasteiger partial charge in [-0.1, -0.05) is 6.92 Å². The largest absolute Gasteiger partial charge is 0.393 e. The van der Waals surface area contributed by atoms with Crippen molar-refractivity contribution in [1.29, 1.82) is 0 Å². The highest BCUT2D eigenvalue weighted by Gasteiger charge is 2.47. The molecule has 8 unspecified atom stereocenters. The Morgan fingerprint density at radius 3 is 2.61 bits per heavy atom. The summed E-state index contributed by atoms with van der Waals surface area (Å²) in [6.45, 7) is 13.6. The molecule has 1 aliphatic carbocycles. The van der Waals surface area contributed by atoms with Crippen LogP contribution in [0.15, 0.2) is 0 Å². The second-order valence-electron chi connectivity index (χ2n) is 14.6. The Morgan fingerprint density at radius 2 is 1.82 bits per heavy atom. The molecule has 0 radical (unpaired) electrons. The molecule has 8 atom stereocenters. The zero-order valence-electron chi connectivity index (χ0n) is 27.5. The summed E-state index contributed by atoms with van der Waals surface area (Å²) >= 11 is 1.99. The van der Waals surface area contributed by atoms with E-state index in [1.165, 1.54) is 45.2 Å². The lowest BCUT2D eigenvalue weighted by Gasteiger charge is -2.52. The zero-order valence-corrected chi connectivity index (χ0v) is 28.3. The van der Waals surface area contributed by atoms with Gasteiger partial charge in [-0.25, -0.2) is 0 Å². The van der Waals surface area contributed by atoms with Gasteiger partial charge in [-0.15, -0.1) is 11.8 Å². The van der Waals surface area contributed by atoms with Crippen LogP contribution in [-0.4, -0.2) is 157 Å². The third kappa shape index (κ3) is 8.13. The van der Waals surface area contributed by atoms with Gasteiger partial charge in [0, 0.05) is 76.7 Å². The average molecular weight is 636 g/mol. The van der Waals surface area contributed by atoms with Gasteiger partial charge in [-0.2, -0.15) is 0 Å². The minimum Gasteiger partial charge on any atom is -0.393 e. The molecule has 0 bridgehead atoms. The number of ether oxygens (including phenoxy) is 1. The lowest BCUT2D eigenvalue weighted by molar-refractivity contribution is -0.122. The summed E-state index contributed by atoms with van der Waals surface area (Å²) in [5.74, 6) is 2.55. The van der Waals surface area contributed by atoms with Crippen molar-refractivity contribution >= 4 is 17.7 Å². The molecule has 10 nitrogen and oxygen atoms in total. The number of aliphatic hydroxyl groups is 1. The maximum atomic E-state index is 13.5. The van der Waals surface area contributed by atoms with Gasteiger partial charge in [0.05, 0.1) is 18.2 Å². The van der Waals surface area contributed by atoms with Crippen LogP contribution >= 0.6 is 11.8 Å². The number of nitrogens with zero attached hydrogens (tertiary/aromatic N) is 4. The zero-order chi connectivity index (χ0) is 30.5. The van der Waals surface area contributed by atoms with Gasteiger partial charge < -0.3 is 25.4 Å². The van der Waals surface area contributed by atoms with E-state index < -0.39 is 0 Å². The molecule has 11 heteroatoms. The molecule has 4 N–H and O–H groups in total. The number of carbonyl (C=O) groups excluding carboxylic acids is 1. The first kappa shape index (κ1) is 33.4. The van der Waals surface area contributed by atoms with Crippen LogP contribution in [0, 0.1) is 11.8 Å². The van der Waals surface area contributed by atoms with Crippen molar-refractivity contribution in [2.75, 3.05) is 84.9 Å².